The summed E-state index contributed by atoms with van der Waals surface area (Å²) in [5.74, 6) is -0.00527. The maximum Gasteiger partial charge on any atom is 0.326 e. The molecule has 20 heavy (non-hydrogen) atoms. The first kappa shape index (κ1) is 17.0. The number of nitrogens with one attached hydrogen (secondary N) is 1. The first-order chi connectivity index (χ1) is 9.49. The molecule has 0 radical (unpaired) electrons. The van der Waals surface area contributed by atoms with E-state index in [1.165, 1.54) is 32.1 Å². The monoisotopic (exact) mass is 283 g/mol. The Morgan fingerprint density at radius 3 is 2.40 bits per heavy atom. The van der Waals surface area contributed by atoms with Crippen LogP contribution in [0.25, 0.3) is 0 Å². The summed E-state index contributed by atoms with van der Waals surface area (Å²) < 4.78 is 0. The molecule has 0 aromatic heterocycles. The number of carbonyl (C=O) groups is 2. The van der Waals surface area contributed by atoms with Gasteiger partial charge in [-0.3, -0.25) is 4.79 Å². The van der Waals surface area contributed by atoms with E-state index in [1.54, 1.807) is 0 Å². The molecular weight excluding hydrogens is 254 g/mol. The molecule has 1 atom stereocenters. The van der Waals surface area contributed by atoms with Gasteiger partial charge in [-0.25, -0.2) is 4.79 Å². The molecular formula is C16H29NO3. The van der Waals surface area contributed by atoms with E-state index in [0.29, 0.717) is 12.8 Å². The maximum absolute atomic E-state index is 11.8. The van der Waals surface area contributed by atoms with Gasteiger partial charge in [-0.1, -0.05) is 46.0 Å². The Morgan fingerprint density at radius 2 is 1.85 bits per heavy atom. The van der Waals surface area contributed by atoms with Crippen LogP contribution in [-0.4, -0.2) is 23.0 Å². The smallest absolute Gasteiger partial charge is 0.326 e. The molecule has 1 amide bonds. The summed E-state index contributed by atoms with van der Waals surface area (Å²) in [6.45, 7) is 3.93. The number of carboxylic acids is 1. The molecule has 1 rings (SSSR count). The van der Waals surface area contributed by atoms with Gasteiger partial charge in [-0.2, -0.15) is 0 Å². The summed E-state index contributed by atoms with van der Waals surface area (Å²) in [7, 11) is 0. The number of carboxylic acid groups (broad SMARTS) is 1. The fourth-order valence-corrected chi connectivity index (χ4v) is 2.99. The van der Waals surface area contributed by atoms with Gasteiger partial charge in [0.15, 0.2) is 0 Å². The van der Waals surface area contributed by atoms with Crippen molar-refractivity contribution in [3.63, 3.8) is 0 Å². The highest BCUT2D eigenvalue weighted by molar-refractivity contribution is 5.83. The molecule has 0 aliphatic heterocycles. The van der Waals surface area contributed by atoms with Gasteiger partial charge in [-0.05, 0) is 31.1 Å². The van der Waals surface area contributed by atoms with Crippen molar-refractivity contribution in [3.8, 4) is 0 Å². The summed E-state index contributed by atoms with van der Waals surface area (Å²) in [6.07, 6.45) is 9.53. The number of carbonyl (C=O) groups excluding carboxylic acids is 1. The lowest BCUT2D eigenvalue weighted by molar-refractivity contribution is -0.142. The van der Waals surface area contributed by atoms with E-state index in [9.17, 15) is 9.59 Å². The minimum atomic E-state index is -0.931. The third-order valence-electron chi connectivity index (χ3n) is 4.08. The number of hydrogen-bond acceptors (Lipinski definition) is 2. The normalized spacial score (nSPS) is 17.9. The minimum Gasteiger partial charge on any atom is -0.480 e. The van der Waals surface area contributed by atoms with E-state index in [-0.39, 0.29) is 11.8 Å². The molecule has 0 unspecified atom stereocenters. The highest BCUT2D eigenvalue weighted by Crippen LogP contribution is 2.27. The van der Waals surface area contributed by atoms with E-state index in [0.717, 1.165) is 18.8 Å². The fourth-order valence-electron chi connectivity index (χ4n) is 2.99. The molecule has 0 bridgehead atoms. The molecule has 0 aromatic rings. The van der Waals surface area contributed by atoms with Crippen LogP contribution >= 0.6 is 0 Å². The van der Waals surface area contributed by atoms with Crippen molar-refractivity contribution >= 4 is 11.9 Å². The molecule has 1 aliphatic rings. The zero-order valence-electron chi connectivity index (χ0n) is 12.9. The Morgan fingerprint density at radius 1 is 1.20 bits per heavy atom. The van der Waals surface area contributed by atoms with Gasteiger partial charge in [0.2, 0.25) is 5.91 Å². The van der Waals surface area contributed by atoms with Gasteiger partial charge in [0.25, 0.3) is 0 Å². The van der Waals surface area contributed by atoms with Gasteiger partial charge < -0.3 is 10.4 Å². The van der Waals surface area contributed by atoms with Crippen LogP contribution in [0.5, 0.6) is 0 Å². The molecule has 0 saturated heterocycles. The van der Waals surface area contributed by atoms with Crippen molar-refractivity contribution in [3.05, 3.63) is 0 Å². The summed E-state index contributed by atoms with van der Waals surface area (Å²) in [5.41, 5.74) is 0. The molecule has 116 valence electrons. The number of hydrogen-bond donors (Lipinski definition) is 2. The maximum atomic E-state index is 11.8. The van der Waals surface area contributed by atoms with Crippen LogP contribution in [0, 0.1) is 11.8 Å². The average molecular weight is 283 g/mol. The van der Waals surface area contributed by atoms with Gasteiger partial charge in [0, 0.05) is 6.42 Å². The molecule has 0 spiro atoms. The number of amides is 1. The van der Waals surface area contributed by atoms with E-state index < -0.39 is 12.0 Å². The molecule has 1 saturated carbocycles. The van der Waals surface area contributed by atoms with Crippen LogP contribution in [0.3, 0.4) is 0 Å². The predicted octanol–water partition coefficient (Wildman–Crippen LogP) is 3.35. The lowest BCUT2D eigenvalue weighted by Crippen LogP contribution is -2.41. The van der Waals surface area contributed by atoms with Crippen LogP contribution in [0.15, 0.2) is 0 Å². The summed E-state index contributed by atoms with van der Waals surface area (Å²) in [6, 6.07) is -0.739. The van der Waals surface area contributed by atoms with Crippen LogP contribution in [0.1, 0.15) is 71.6 Å². The van der Waals surface area contributed by atoms with Crippen molar-refractivity contribution in [2.45, 2.75) is 77.7 Å². The molecule has 2 N–H and O–H groups in total. The van der Waals surface area contributed by atoms with E-state index in [4.69, 9.17) is 5.11 Å². The third-order valence-corrected chi connectivity index (χ3v) is 4.08. The second-order valence-electron chi connectivity index (χ2n) is 6.48. The molecule has 1 aliphatic carbocycles. The molecule has 4 nitrogen and oxygen atoms in total. The lowest BCUT2D eigenvalue weighted by atomic mass is 9.86. The topological polar surface area (TPSA) is 66.4 Å². The highest BCUT2D eigenvalue weighted by atomic mass is 16.4. The van der Waals surface area contributed by atoms with Gasteiger partial charge in [0.05, 0.1) is 0 Å². The van der Waals surface area contributed by atoms with E-state index >= 15 is 0 Å². The quantitative estimate of drug-likeness (QED) is 0.718. The average Bonchev–Trinajstić information content (AvgIpc) is 2.38. The van der Waals surface area contributed by atoms with Gasteiger partial charge in [0.1, 0.15) is 6.04 Å². The van der Waals surface area contributed by atoms with Gasteiger partial charge in [-0.15, -0.1) is 0 Å². The fraction of sp³-hybridized carbons (Fsp3) is 0.875. The van der Waals surface area contributed by atoms with Crippen LogP contribution in [0.4, 0.5) is 0 Å². The Balaban J connectivity index is 2.21. The van der Waals surface area contributed by atoms with Crippen molar-refractivity contribution in [1.29, 1.82) is 0 Å². The van der Waals surface area contributed by atoms with E-state index in [2.05, 4.69) is 5.32 Å². The molecule has 1 fully saturated rings. The Hall–Kier alpha value is -1.06. The van der Waals surface area contributed by atoms with Crippen molar-refractivity contribution in [2.24, 2.45) is 11.8 Å². The Labute approximate surface area is 122 Å². The largest absolute Gasteiger partial charge is 0.480 e. The Bertz CT molecular complexity index is 309. The van der Waals surface area contributed by atoms with Crippen LogP contribution < -0.4 is 5.32 Å². The molecule has 0 aromatic carbocycles. The zero-order chi connectivity index (χ0) is 15.0. The Kier molecular flexibility index (Phi) is 7.63. The van der Waals surface area contributed by atoms with Crippen molar-refractivity contribution in [1.82, 2.24) is 5.32 Å². The van der Waals surface area contributed by atoms with Crippen LogP contribution in [0.2, 0.25) is 0 Å². The zero-order valence-corrected chi connectivity index (χ0v) is 12.9. The summed E-state index contributed by atoms with van der Waals surface area (Å²) in [4.78, 5) is 22.9. The number of aliphatic carboxylic acids is 1. The minimum absolute atomic E-state index is 0.117. The highest BCUT2D eigenvalue weighted by Gasteiger charge is 2.21. The SMILES string of the molecule is CC(C)C[C@@H](NC(=O)CCCC1CCCCC1)C(=O)O. The lowest BCUT2D eigenvalue weighted by Gasteiger charge is -2.21. The predicted molar refractivity (Wildman–Crippen MR) is 79.4 cm³/mol. The van der Waals surface area contributed by atoms with Crippen molar-refractivity contribution in [2.75, 3.05) is 0 Å². The third kappa shape index (κ3) is 6.92. The summed E-state index contributed by atoms with van der Waals surface area (Å²) >= 11 is 0. The van der Waals surface area contributed by atoms with E-state index in [1.807, 2.05) is 13.8 Å². The van der Waals surface area contributed by atoms with Crippen molar-refractivity contribution < 1.29 is 14.7 Å². The number of rotatable bonds is 8. The summed E-state index contributed by atoms with van der Waals surface area (Å²) in [5, 5.41) is 11.7. The van der Waals surface area contributed by atoms with Gasteiger partial charge >= 0.3 is 5.97 Å². The first-order valence-electron chi connectivity index (χ1n) is 8.01. The molecule has 0 heterocycles. The second-order valence-corrected chi connectivity index (χ2v) is 6.48. The standard InChI is InChI=1S/C16H29NO3/c1-12(2)11-14(16(19)20)17-15(18)10-6-9-13-7-4-3-5-8-13/h12-14H,3-11H2,1-2H3,(H,17,18)(H,19,20)/t14-/m1/s1. The molecule has 4 heteroatoms. The van der Waals surface area contributed by atoms with Crippen LogP contribution in [-0.2, 0) is 9.59 Å². The second kappa shape index (κ2) is 8.98. The first-order valence-corrected chi connectivity index (χ1v) is 8.01.